The summed E-state index contributed by atoms with van der Waals surface area (Å²) < 4.78 is 11.9. The lowest BCUT2D eigenvalue weighted by atomic mass is 10.3. The van der Waals surface area contributed by atoms with E-state index in [0.29, 0.717) is 27.9 Å². The number of hydrogen-bond acceptors (Lipinski definition) is 5. The van der Waals surface area contributed by atoms with Crippen LogP contribution in [0, 0.1) is 0 Å². The van der Waals surface area contributed by atoms with E-state index in [1.165, 1.54) is 18.1 Å². The van der Waals surface area contributed by atoms with Crippen LogP contribution in [0.2, 0.25) is 5.02 Å². The van der Waals surface area contributed by atoms with Gasteiger partial charge in [0.2, 0.25) is 0 Å². The zero-order chi connectivity index (χ0) is 18.2. The third kappa shape index (κ3) is 5.27. The van der Waals surface area contributed by atoms with Gasteiger partial charge in [0.15, 0.2) is 12.3 Å². The van der Waals surface area contributed by atoms with Crippen LogP contribution in [0.4, 0.5) is 11.4 Å². The first-order chi connectivity index (χ1) is 12.0. The van der Waals surface area contributed by atoms with Crippen molar-refractivity contribution in [2.75, 3.05) is 19.0 Å². The molecular weight excluding hydrogens is 346 g/mol. The van der Waals surface area contributed by atoms with Crippen LogP contribution in [0.25, 0.3) is 0 Å². The number of carbonyl (C=O) groups is 1. The van der Waals surface area contributed by atoms with Crippen molar-refractivity contribution in [2.45, 2.75) is 0 Å². The highest BCUT2D eigenvalue weighted by Gasteiger charge is 2.10. The van der Waals surface area contributed by atoms with Gasteiger partial charge in [-0.15, -0.1) is 4.68 Å². The number of ether oxygens (including phenoxy) is 2. The molecule has 0 radical (unpaired) electrons. The largest absolute Gasteiger partial charge is 0.495 e. The average Bonchev–Trinajstić information content (AvgIpc) is 2.61. The maximum absolute atomic E-state index is 12.1. The highest BCUT2D eigenvalue weighted by Crippen LogP contribution is 2.27. The smallest absolute Gasteiger partial charge is 0.278 e. The highest BCUT2D eigenvalue weighted by molar-refractivity contribution is 6.31. The Morgan fingerprint density at radius 1 is 1.32 bits per heavy atom. The topological polar surface area (TPSA) is 115 Å². The van der Waals surface area contributed by atoms with Crippen LogP contribution in [0.1, 0.15) is 0 Å². The maximum Gasteiger partial charge on any atom is 0.278 e. The summed E-state index contributed by atoms with van der Waals surface area (Å²) in [6.07, 6.45) is 1.37. The fourth-order valence-corrected chi connectivity index (χ4v) is 2.17. The number of anilines is 1. The zero-order valence-electron chi connectivity index (χ0n) is 13.5. The number of amides is 1. The Morgan fingerprint density at radius 3 is 2.84 bits per heavy atom. The Morgan fingerprint density at radius 2 is 2.12 bits per heavy atom. The number of hydrazone groups is 1. The molecule has 6 N–H and O–H groups in total. The van der Waals surface area contributed by atoms with Gasteiger partial charge in [0.05, 0.1) is 12.8 Å². The molecule has 25 heavy (non-hydrogen) atoms. The molecule has 2 rings (SSSR count). The Labute approximate surface area is 149 Å². The highest BCUT2D eigenvalue weighted by atomic mass is 35.5. The summed E-state index contributed by atoms with van der Waals surface area (Å²) in [4.78, 5) is 12.1. The van der Waals surface area contributed by atoms with E-state index in [1.807, 2.05) is 0 Å². The van der Waals surface area contributed by atoms with Gasteiger partial charge in [0.1, 0.15) is 11.5 Å². The molecule has 0 unspecified atom stereocenters. The molecule has 0 aliphatic carbocycles. The van der Waals surface area contributed by atoms with Gasteiger partial charge in [-0.05, 0) is 30.3 Å². The van der Waals surface area contributed by atoms with Crippen LogP contribution in [0.15, 0.2) is 42.5 Å². The van der Waals surface area contributed by atoms with Crippen molar-refractivity contribution in [1.82, 2.24) is 5.43 Å². The standard InChI is InChI=1S/C16H18ClN5O3/c1-24-15-6-5-11(17)7-14(15)21-16(23)9-25-13-4-2-3-12(8-13)22(19)10-20-18/h2-8,10H,9,18-19H2,1H3,(H,21,23)/p+1. The quantitative estimate of drug-likeness (QED) is 0.194. The van der Waals surface area contributed by atoms with Crippen molar-refractivity contribution in [3.05, 3.63) is 47.5 Å². The Balaban J connectivity index is 2.00. The first-order valence-corrected chi connectivity index (χ1v) is 7.61. The van der Waals surface area contributed by atoms with Crippen molar-refractivity contribution in [2.24, 2.45) is 11.7 Å². The summed E-state index contributed by atoms with van der Waals surface area (Å²) in [6, 6.07) is 11.8. The van der Waals surface area contributed by atoms with Crippen LogP contribution in [0.3, 0.4) is 0 Å². The molecule has 0 atom stereocenters. The molecule has 2 aromatic carbocycles. The monoisotopic (exact) mass is 364 g/mol. The van der Waals surface area contributed by atoms with Gasteiger partial charge >= 0.3 is 0 Å². The number of rotatable bonds is 7. The number of benzene rings is 2. The van der Waals surface area contributed by atoms with Gasteiger partial charge in [0.25, 0.3) is 12.2 Å². The third-order valence-electron chi connectivity index (χ3n) is 3.13. The van der Waals surface area contributed by atoms with Crippen LogP contribution in [0.5, 0.6) is 11.5 Å². The minimum absolute atomic E-state index is 0.192. The summed E-state index contributed by atoms with van der Waals surface area (Å²) in [6.45, 7) is -0.192. The fraction of sp³-hybridized carbons (Fsp3) is 0.125. The second kappa shape index (κ2) is 8.76. The number of nitrogens with one attached hydrogen (secondary N) is 2. The summed E-state index contributed by atoms with van der Waals surface area (Å²) in [5.74, 6) is 11.6. The number of hydrogen-bond donors (Lipinski definition) is 4. The van der Waals surface area contributed by atoms with E-state index < -0.39 is 0 Å². The van der Waals surface area contributed by atoms with E-state index in [1.54, 1.807) is 42.5 Å². The molecule has 0 saturated carbocycles. The number of hydrazine groups is 2. The van der Waals surface area contributed by atoms with Crippen molar-refractivity contribution in [3.63, 3.8) is 0 Å². The number of methoxy groups -OCH3 is 1. The summed E-state index contributed by atoms with van der Waals surface area (Å²) >= 11 is 5.93. The van der Waals surface area contributed by atoms with Gasteiger partial charge in [-0.1, -0.05) is 17.7 Å². The molecule has 0 bridgehead atoms. The van der Waals surface area contributed by atoms with E-state index in [0.717, 1.165) is 0 Å². The molecule has 0 aliphatic rings. The second-order valence-electron chi connectivity index (χ2n) is 4.88. The first kappa shape index (κ1) is 18.4. The molecule has 0 heterocycles. The third-order valence-corrected chi connectivity index (χ3v) is 3.37. The lowest BCUT2D eigenvalue weighted by molar-refractivity contribution is -0.449. The SMILES string of the molecule is COc1ccc(Cl)cc1NC(=O)COc1cccc(/[N+](N)=C/NN)c1. The van der Waals surface area contributed by atoms with Crippen LogP contribution in [-0.2, 0) is 4.79 Å². The van der Waals surface area contributed by atoms with Crippen LogP contribution >= 0.6 is 11.6 Å². The Bertz CT molecular complexity index is 782. The van der Waals surface area contributed by atoms with Crippen molar-refractivity contribution in [1.29, 1.82) is 0 Å². The summed E-state index contributed by atoms with van der Waals surface area (Å²) in [5.41, 5.74) is 3.43. The van der Waals surface area contributed by atoms with Gasteiger partial charge < -0.3 is 14.8 Å². The van der Waals surface area contributed by atoms with Crippen molar-refractivity contribution in [3.8, 4) is 11.5 Å². The minimum atomic E-state index is -0.356. The molecule has 2 aromatic rings. The number of halogens is 1. The Hall–Kier alpha value is -2.97. The maximum atomic E-state index is 12.1. The van der Waals surface area contributed by atoms with Crippen molar-refractivity contribution < 1.29 is 19.0 Å². The van der Waals surface area contributed by atoms with E-state index in [4.69, 9.17) is 32.8 Å². The van der Waals surface area contributed by atoms with E-state index in [9.17, 15) is 4.79 Å². The molecule has 0 spiro atoms. The predicted molar refractivity (Wildman–Crippen MR) is 96.1 cm³/mol. The lowest BCUT2D eigenvalue weighted by Crippen LogP contribution is -2.29. The molecule has 0 aliphatic heterocycles. The van der Waals surface area contributed by atoms with Crippen LogP contribution < -0.4 is 31.9 Å². The van der Waals surface area contributed by atoms with Crippen LogP contribution in [-0.4, -0.2) is 30.6 Å². The van der Waals surface area contributed by atoms with Gasteiger partial charge in [0, 0.05) is 11.1 Å². The summed E-state index contributed by atoms with van der Waals surface area (Å²) in [7, 11) is 1.51. The minimum Gasteiger partial charge on any atom is -0.495 e. The fourth-order valence-electron chi connectivity index (χ4n) is 2.00. The Kier molecular flexibility index (Phi) is 6.44. The molecule has 8 nitrogen and oxygen atoms in total. The van der Waals surface area contributed by atoms with Crippen molar-refractivity contribution >= 4 is 35.2 Å². The van der Waals surface area contributed by atoms with E-state index >= 15 is 0 Å². The molecule has 0 aromatic heterocycles. The number of nitrogens with zero attached hydrogens (tertiary/aromatic N) is 1. The van der Waals surface area contributed by atoms with Gasteiger partial charge in [-0.25, -0.2) is 5.43 Å². The molecule has 1 amide bonds. The second-order valence-corrected chi connectivity index (χ2v) is 5.32. The van der Waals surface area contributed by atoms with Gasteiger partial charge in [-0.2, -0.15) is 5.84 Å². The summed E-state index contributed by atoms with van der Waals surface area (Å²) in [5, 5.41) is 3.17. The average molecular weight is 365 g/mol. The molecule has 0 fully saturated rings. The van der Waals surface area contributed by atoms with E-state index in [-0.39, 0.29) is 12.5 Å². The zero-order valence-corrected chi connectivity index (χ0v) is 14.3. The predicted octanol–water partition coefficient (Wildman–Crippen LogP) is 1.38. The molecule has 9 heteroatoms. The molecule has 132 valence electrons. The van der Waals surface area contributed by atoms with E-state index in [2.05, 4.69) is 10.7 Å². The molecule has 0 saturated heterocycles. The number of nitrogens with two attached hydrogens (primary N) is 2. The van der Waals surface area contributed by atoms with Gasteiger partial charge in [-0.3, -0.25) is 10.6 Å². The first-order valence-electron chi connectivity index (χ1n) is 7.23. The number of carbonyl (C=O) groups excluding carboxylic acids is 1. The normalized spacial score (nSPS) is 10.9. The molecular formula is C16H19ClN5O3+. The lowest BCUT2D eigenvalue weighted by Gasteiger charge is -2.11.